The minimum absolute atomic E-state index is 0.340. The van der Waals surface area contributed by atoms with Gasteiger partial charge in [0, 0.05) is 19.2 Å². The molecule has 2 N–H and O–H groups in total. The summed E-state index contributed by atoms with van der Waals surface area (Å²) in [6.07, 6.45) is 5.73. The topological polar surface area (TPSA) is 74.2 Å². The summed E-state index contributed by atoms with van der Waals surface area (Å²) in [6.45, 7) is 0. The second-order valence-electron chi connectivity index (χ2n) is 5.62. The second kappa shape index (κ2) is 5.85. The lowest BCUT2D eigenvalue weighted by Gasteiger charge is -2.22. The number of nitrogen functional groups attached to an aromatic ring is 1. The van der Waals surface area contributed by atoms with Crippen LogP contribution in [0.4, 0.5) is 5.69 Å². The number of nitrogens with zero attached hydrogens (tertiary/aromatic N) is 2. The number of anilines is 1. The standard InChI is InChI=1S/C16H21N3O2/c1-20-16(10-4-5-11-16)15-18-14(21-19-15)9-8-12-6-2-3-7-13(12)17/h2-3,6-7H,4-5,8-11,17H2,1H3. The summed E-state index contributed by atoms with van der Waals surface area (Å²) >= 11 is 0. The summed E-state index contributed by atoms with van der Waals surface area (Å²) in [4.78, 5) is 4.54. The van der Waals surface area contributed by atoms with Crippen LogP contribution in [0.2, 0.25) is 0 Å². The van der Waals surface area contributed by atoms with Gasteiger partial charge in [-0.1, -0.05) is 23.4 Å². The van der Waals surface area contributed by atoms with E-state index >= 15 is 0 Å². The van der Waals surface area contributed by atoms with Crippen molar-refractivity contribution in [1.29, 1.82) is 0 Å². The third-order valence-electron chi connectivity index (χ3n) is 4.34. The Morgan fingerprint density at radius 3 is 2.71 bits per heavy atom. The van der Waals surface area contributed by atoms with Crippen LogP contribution in [0, 0.1) is 0 Å². The van der Waals surface area contributed by atoms with E-state index in [2.05, 4.69) is 10.1 Å². The summed E-state index contributed by atoms with van der Waals surface area (Å²) in [5.41, 5.74) is 7.52. The second-order valence-corrected chi connectivity index (χ2v) is 5.62. The number of methoxy groups -OCH3 is 1. The lowest BCUT2D eigenvalue weighted by molar-refractivity contribution is -0.0178. The van der Waals surface area contributed by atoms with Crippen molar-refractivity contribution in [2.75, 3.05) is 12.8 Å². The Bertz CT molecular complexity index is 603. The lowest BCUT2D eigenvalue weighted by atomic mass is 10.0. The van der Waals surface area contributed by atoms with Crippen LogP contribution in [0.5, 0.6) is 0 Å². The molecule has 1 aliphatic carbocycles. The van der Waals surface area contributed by atoms with Gasteiger partial charge >= 0.3 is 0 Å². The molecule has 0 bridgehead atoms. The predicted octanol–water partition coefficient (Wildman–Crippen LogP) is 2.85. The molecule has 2 aromatic rings. The van der Waals surface area contributed by atoms with Gasteiger partial charge in [-0.3, -0.25) is 0 Å². The molecular formula is C16H21N3O2. The number of ether oxygens (including phenoxy) is 1. The summed E-state index contributed by atoms with van der Waals surface area (Å²) in [6, 6.07) is 7.86. The zero-order valence-corrected chi connectivity index (χ0v) is 12.3. The van der Waals surface area contributed by atoms with Crippen molar-refractivity contribution in [2.45, 2.75) is 44.1 Å². The van der Waals surface area contributed by atoms with Crippen LogP contribution in [0.1, 0.15) is 43.0 Å². The molecule has 0 atom stereocenters. The summed E-state index contributed by atoms with van der Waals surface area (Å²) in [5, 5.41) is 4.13. The van der Waals surface area contributed by atoms with Crippen molar-refractivity contribution in [3.8, 4) is 0 Å². The molecule has 1 fully saturated rings. The highest BCUT2D eigenvalue weighted by Crippen LogP contribution is 2.40. The SMILES string of the molecule is COC1(c2noc(CCc3ccccc3N)n2)CCCC1. The van der Waals surface area contributed by atoms with Crippen molar-refractivity contribution in [3.63, 3.8) is 0 Å². The number of aryl methyl sites for hydroxylation is 2. The monoisotopic (exact) mass is 287 g/mol. The van der Waals surface area contributed by atoms with Gasteiger partial charge in [0.05, 0.1) is 0 Å². The van der Waals surface area contributed by atoms with E-state index < -0.39 is 0 Å². The highest BCUT2D eigenvalue weighted by molar-refractivity contribution is 5.46. The van der Waals surface area contributed by atoms with Crippen molar-refractivity contribution >= 4 is 5.69 Å². The maximum Gasteiger partial charge on any atom is 0.227 e. The van der Waals surface area contributed by atoms with Crippen LogP contribution in [0.15, 0.2) is 28.8 Å². The smallest absolute Gasteiger partial charge is 0.227 e. The molecule has 5 nitrogen and oxygen atoms in total. The van der Waals surface area contributed by atoms with E-state index in [1.807, 2.05) is 24.3 Å². The Labute approximate surface area is 124 Å². The molecule has 0 unspecified atom stereocenters. The minimum atomic E-state index is -0.340. The average Bonchev–Trinajstić information content (AvgIpc) is 3.16. The zero-order valence-electron chi connectivity index (χ0n) is 12.3. The minimum Gasteiger partial charge on any atom is -0.399 e. The molecule has 112 valence electrons. The number of hydrogen-bond acceptors (Lipinski definition) is 5. The molecule has 0 amide bonds. The molecule has 5 heteroatoms. The maximum atomic E-state index is 5.95. The van der Waals surface area contributed by atoms with E-state index in [1.165, 1.54) is 0 Å². The molecule has 0 radical (unpaired) electrons. The van der Waals surface area contributed by atoms with Gasteiger partial charge in [0.15, 0.2) is 0 Å². The first-order valence-electron chi connectivity index (χ1n) is 7.45. The van der Waals surface area contributed by atoms with E-state index in [-0.39, 0.29) is 5.60 Å². The molecule has 1 heterocycles. The van der Waals surface area contributed by atoms with Crippen LogP contribution in [0.3, 0.4) is 0 Å². The summed E-state index contributed by atoms with van der Waals surface area (Å²) in [7, 11) is 1.73. The van der Waals surface area contributed by atoms with E-state index in [0.29, 0.717) is 18.1 Å². The van der Waals surface area contributed by atoms with Gasteiger partial charge in [0.25, 0.3) is 0 Å². The van der Waals surface area contributed by atoms with Gasteiger partial charge in [0.2, 0.25) is 11.7 Å². The van der Waals surface area contributed by atoms with Crippen LogP contribution in [-0.4, -0.2) is 17.3 Å². The van der Waals surface area contributed by atoms with Crippen molar-refractivity contribution in [2.24, 2.45) is 0 Å². The highest BCUT2D eigenvalue weighted by Gasteiger charge is 2.40. The zero-order chi connectivity index (χ0) is 14.7. The number of rotatable bonds is 5. The van der Waals surface area contributed by atoms with Crippen molar-refractivity contribution in [3.05, 3.63) is 41.5 Å². The fourth-order valence-electron chi connectivity index (χ4n) is 3.01. The van der Waals surface area contributed by atoms with E-state index in [9.17, 15) is 0 Å². The molecule has 3 rings (SSSR count). The molecule has 0 saturated heterocycles. The summed E-state index contributed by atoms with van der Waals surface area (Å²) in [5.74, 6) is 1.34. The molecule has 1 aromatic carbocycles. The molecule has 21 heavy (non-hydrogen) atoms. The van der Waals surface area contributed by atoms with Gasteiger partial charge < -0.3 is 15.0 Å². The van der Waals surface area contributed by atoms with Crippen LogP contribution in [-0.2, 0) is 23.2 Å². The average molecular weight is 287 g/mol. The maximum absolute atomic E-state index is 5.95. The van der Waals surface area contributed by atoms with Gasteiger partial charge in [-0.25, -0.2) is 0 Å². The Kier molecular flexibility index (Phi) is 3.92. The molecule has 0 spiro atoms. The number of para-hydroxylation sites is 1. The first-order valence-corrected chi connectivity index (χ1v) is 7.45. The molecule has 0 aliphatic heterocycles. The molecule has 1 aliphatic rings. The van der Waals surface area contributed by atoms with Gasteiger partial charge in [-0.05, 0) is 43.7 Å². The third kappa shape index (κ3) is 2.78. The number of nitrogens with two attached hydrogens (primary N) is 1. The number of benzene rings is 1. The number of hydrogen-bond donors (Lipinski definition) is 1. The summed E-state index contributed by atoms with van der Waals surface area (Å²) < 4.78 is 11.1. The fraction of sp³-hybridized carbons (Fsp3) is 0.500. The Morgan fingerprint density at radius 2 is 2.00 bits per heavy atom. The first-order chi connectivity index (χ1) is 10.2. The molecular weight excluding hydrogens is 266 g/mol. The Balaban J connectivity index is 1.69. The van der Waals surface area contributed by atoms with Gasteiger partial charge in [-0.15, -0.1) is 0 Å². The highest BCUT2D eigenvalue weighted by atomic mass is 16.5. The van der Waals surface area contributed by atoms with Crippen LogP contribution >= 0.6 is 0 Å². The van der Waals surface area contributed by atoms with Crippen LogP contribution < -0.4 is 5.73 Å². The van der Waals surface area contributed by atoms with E-state index in [4.69, 9.17) is 15.0 Å². The third-order valence-corrected chi connectivity index (χ3v) is 4.34. The van der Waals surface area contributed by atoms with Gasteiger partial charge in [0.1, 0.15) is 5.60 Å². The Hall–Kier alpha value is -1.88. The number of aromatic nitrogens is 2. The largest absolute Gasteiger partial charge is 0.399 e. The Morgan fingerprint density at radius 1 is 1.24 bits per heavy atom. The van der Waals surface area contributed by atoms with Crippen LogP contribution in [0.25, 0.3) is 0 Å². The normalized spacial score (nSPS) is 17.2. The first kappa shape index (κ1) is 14.1. The van der Waals surface area contributed by atoms with Crippen molar-refractivity contribution < 1.29 is 9.26 Å². The van der Waals surface area contributed by atoms with E-state index in [0.717, 1.165) is 43.4 Å². The molecule has 1 saturated carbocycles. The van der Waals surface area contributed by atoms with E-state index in [1.54, 1.807) is 7.11 Å². The van der Waals surface area contributed by atoms with Gasteiger partial charge in [-0.2, -0.15) is 4.98 Å². The van der Waals surface area contributed by atoms with Crippen molar-refractivity contribution in [1.82, 2.24) is 10.1 Å². The predicted molar refractivity (Wildman–Crippen MR) is 79.7 cm³/mol. The quantitative estimate of drug-likeness (QED) is 0.856. The lowest BCUT2D eigenvalue weighted by Crippen LogP contribution is -2.26. The fourth-order valence-corrected chi connectivity index (χ4v) is 3.01. The molecule has 1 aromatic heterocycles.